The second-order valence-corrected chi connectivity index (χ2v) is 14.5. The van der Waals surface area contributed by atoms with Gasteiger partial charge in [0.15, 0.2) is 0 Å². The molecule has 16 heteroatoms. The molecule has 0 radical (unpaired) electrons. The van der Waals surface area contributed by atoms with Crippen molar-refractivity contribution in [3.05, 3.63) is 59.7 Å². The molecular formula is C28H37F3N4O7S2. The monoisotopic (exact) mass is 662 g/mol. The molecule has 244 valence electrons. The molecule has 1 saturated heterocycles. The minimum Gasteiger partial charge on any atom is -0.467 e. The molecule has 0 spiro atoms. The van der Waals surface area contributed by atoms with Crippen molar-refractivity contribution in [2.24, 2.45) is 0 Å². The lowest BCUT2D eigenvalue weighted by Gasteiger charge is -2.27. The third kappa shape index (κ3) is 8.28. The number of carbonyl (C=O) groups is 2. The Morgan fingerprint density at radius 1 is 1.02 bits per heavy atom. The molecule has 11 nitrogen and oxygen atoms in total. The summed E-state index contributed by atoms with van der Waals surface area (Å²) in [6.07, 6.45) is 0.650. The van der Waals surface area contributed by atoms with Crippen LogP contribution in [0.15, 0.2) is 53.4 Å². The van der Waals surface area contributed by atoms with E-state index in [0.29, 0.717) is 22.8 Å². The number of methoxy groups -OCH3 is 1. The molecule has 1 heterocycles. The van der Waals surface area contributed by atoms with E-state index in [1.807, 2.05) is 6.92 Å². The SMILES string of the molecule is COC(=O)[C@H](Cc1ccc(N(CCCN(C)C)S(=O)(=O)C(F)(F)F)cc1)NC(=O)[C@@H]1CCCN1S(=O)(=O)c1ccc(C)cc1. The smallest absolute Gasteiger partial charge is 0.467 e. The van der Waals surface area contributed by atoms with Crippen molar-refractivity contribution in [2.75, 3.05) is 45.1 Å². The van der Waals surface area contributed by atoms with Gasteiger partial charge in [0, 0.05) is 19.5 Å². The standard InChI is InChI=1S/C28H37F3N4O7S2/c1-20-8-14-23(15-9-20)43(38,39)35-17-5-7-25(35)26(36)32-24(27(37)42-4)19-21-10-12-22(13-11-21)34(18-6-16-33(2)3)44(40,41)28(29,30)31/h8-15,24-25H,5-7,16-19H2,1-4H3,(H,32,36)/t24-,25-/m0/s1. The summed E-state index contributed by atoms with van der Waals surface area (Å²) in [4.78, 5) is 27.7. The average Bonchev–Trinajstić information content (AvgIpc) is 3.46. The number of nitrogens with one attached hydrogen (secondary N) is 1. The Kier molecular flexibility index (Phi) is 11.4. The zero-order valence-corrected chi connectivity index (χ0v) is 26.5. The van der Waals surface area contributed by atoms with E-state index in [4.69, 9.17) is 4.74 Å². The van der Waals surface area contributed by atoms with Crippen molar-refractivity contribution < 1.29 is 44.3 Å². The first-order chi connectivity index (χ1) is 20.5. The lowest BCUT2D eigenvalue weighted by atomic mass is 10.0. The van der Waals surface area contributed by atoms with E-state index in [1.165, 1.54) is 36.4 Å². The largest absolute Gasteiger partial charge is 0.516 e. The van der Waals surface area contributed by atoms with E-state index in [-0.39, 0.29) is 36.4 Å². The van der Waals surface area contributed by atoms with Crippen LogP contribution in [0.3, 0.4) is 0 Å². The molecular weight excluding hydrogens is 625 g/mol. The van der Waals surface area contributed by atoms with Crippen LogP contribution in [0.25, 0.3) is 0 Å². The van der Waals surface area contributed by atoms with Crippen LogP contribution in [0.1, 0.15) is 30.4 Å². The zero-order valence-electron chi connectivity index (χ0n) is 24.9. The number of rotatable bonds is 13. The molecule has 0 aromatic heterocycles. The van der Waals surface area contributed by atoms with E-state index in [2.05, 4.69) is 5.32 Å². The average molecular weight is 663 g/mol. The number of sulfonamides is 2. The van der Waals surface area contributed by atoms with Gasteiger partial charge in [0.2, 0.25) is 15.9 Å². The first kappa shape index (κ1) is 35.3. The molecule has 1 N–H and O–H groups in total. The number of anilines is 1. The Hall–Kier alpha value is -3.21. The fraction of sp³-hybridized carbons (Fsp3) is 0.500. The number of alkyl halides is 3. The Labute approximate surface area is 256 Å². The molecule has 2 atom stereocenters. The number of halogens is 3. The molecule has 1 fully saturated rings. The molecule has 1 aliphatic heterocycles. The molecule has 3 rings (SSSR count). The fourth-order valence-electron chi connectivity index (χ4n) is 4.82. The van der Waals surface area contributed by atoms with E-state index in [1.54, 1.807) is 31.1 Å². The highest BCUT2D eigenvalue weighted by Crippen LogP contribution is 2.31. The van der Waals surface area contributed by atoms with Crippen molar-refractivity contribution in [1.82, 2.24) is 14.5 Å². The Morgan fingerprint density at radius 2 is 1.64 bits per heavy atom. The summed E-state index contributed by atoms with van der Waals surface area (Å²) >= 11 is 0. The molecule has 0 saturated carbocycles. The Bertz CT molecular complexity index is 1520. The summed E-state index contributed by atoms with van der Waals surface area (Å²) in [6.45, 7) is 1.87. The summed E-state index contributed by atoms with van der Waals surface area (Å²) in [5, 5.41) is 2.56. The maximum Gasteiger partial charge on any atom is 0.516 e. The van der Waals surface area contributed by atoms with Gasteiger partial charge in [0.05, 0.1) is 17.7 Å². The number of nitrogens with zero attached hydrogens (tertiary/aromatic N) is 3. The fourth-order valence-corrected chi connectivity index (χ4v) is 7.49. The van der Waals surface area contributed by atoms with Crippen molar-refractivity contribution >= 4 is 37.6 Å². The maximum absolute atomic E-state index is 13.4. The van der Waals surface area contributed by atoms with Crippen LogP contribution in [-0.4, -0.2) is 96.3 Å². The Morgan fingerprint density at radius 3 is 2.18 bits per heavy atom. The lowest BCUT2D eigenvalue weighted by molar-refractivity contribution is -0.145. The highest BCUT2D eigenvalue weighted by Gasteiger charge is 2.50. The van der Waals surface area contributed by atoms with Gasteiger partial charge in [0.1, 0.15) is 12.1 Å². The van der Waals surface area contributed by atoms with Crippen LogP contribution >= 0.6 is 0 Å². The number of benzene rings is 2. The Balaban J connectivity index is 1.80. The van der Waals surface area contributed by atoms with Crippen molar-refractivity contribution in [2.45, 2.75) is 55.1 Å². The van der Waals surface area contributed by atoms with Crippen molar-refractivity contribution in [3.63, 3.8) is 0 Å². The number of ether oxygens (including phenoxy) is 1. The minimum absolute atomic E-state index is 0.0377. The summed E-state index contributed by atoms with van der Waals surface area (Å²) < 4.78 is 97.7. The van der Waals surface area contributed by atoms with Gasteiger partial charge < -0.3 is 15.0 Å². The third-order valence-electron chi connectivity index (χ3n) is 7.15. The van der Waals surface area contributed by atoms with Gasteiger partial charge in [-0.2, -0.15) is 25.9 Å². The molecule has 0 unspecified atom stereocenters. The van der Waals surface area contributed by atoms with Gasteiger partial charge >= 0.3 is 21.5 Å². The molecule has 1 amide bonds. The van der Waals surface area contributed by atoms with Crippen LogP contribution in [0.2, 0.25) is 0 Å². The van der Waals surface area contributed by atoms with E-state index >= 15 is 0 Å². The number of hydrogen-bond donors (Lipinski definition) is 1. The topological polar surface area (TPSA) is 133 Å². The summed E-state index contributed by atoms with van der Waals surface area (Å²) in [5.74, 6) is -1.52. The van der Waals surface area contributed by atoms with Gasteiger partial charge in [-0.15, -0.1) is 0 Å². The van der Waals surface area contributed by atoms with Crippen LogP contribution < -0.4 is 9.62 Å². The summed E-state index contributed by atoms with van der Waals surface area (Å²) in [5.41, 5.74) is -4.47. The first-order valence-electron chi connectivity index (χ1n) is 13.8. The predicted molar refractivity (Wildman–Crippen MR) is 158 cm³/mol. The van der Waals surface area contributed by atoms with E-state index < -0.39 is 56.1 Å². The second-order valence-electron chi connectivity index (χ2n) is 10.7. The zero-order chi connectivity index (χ0) is 32.9. The molecule has 2 aromatic carbocycles. The quantitative estimate of drug-likeness (QED) is 0.324. The van der Waals surface area contributed by atoms with Crippen LogP contribution in [0, 0.1) is 6.92 Å². The maximum atomic E-state index is 13.4. The highest BCUT2D eigenvalue weighted by atomic mass is 32.2. The normalized spacial score (nSPS) is 17.0. The summed E-state index contributed by atoms with van der Waals surface area (Å²) in [6, 6.07) is 8.99. The lowest BCUT2D eigenvalue weighted by Crippen LogP contribution is -2.51. The molecule has 2 aromatic rings. The van der Waals surface area contributed by atoms with Gasteiger partial charge in [-0.25, -0.2) is 13.2 Å². The number of aryl methyl sites for hydroxylation is 1. The van der Waals surface area contributed by atoms with Gasteiger partial charge in [-0.05, 0) is 76.7 Å². The number of esters is 1. The third-order valence-corrected chi connectivity index (χ3v) is 10.6. The molecule has 0 bridgehead atoms. The summed E-state index contributed by atoms with van der Waals surface area (Å²) in [7, 11) is -5.14. The van der Waals surface area contributed by atoms with Crippen LogP contribution in [-0.2, 0) is 40.8 Å². The highest BCUT2D eigenvalue weighted by molar-refractivity contribution is 7.93. The van der Waals surface area contributed by atoms with Gasteiger partial charge in [0.25, 0.3) is 0 Å². The number of carbonyl (C=O) groups excluding carboxylic acids is 2. The van der Waals surface area contributed by atoms with E-state index in [0.717, 1.165) is 17.0 Å². The molecule has 0 aliphatic carbocycles. The number of amides is 1. The number of hydrogen-bond acceptors (Lipinski definition) is 8. The predicted octanol–water partition coefficient (Wildman–Crippen LogP) is 2.66. The van der Waals surface area contributed by atoms with Crippen molar-refractivity contribution in [3.8, 4) is 0 Å². The minimum atomic E-state index is -5.68. The van der Waals surface area contributed by atoms with Crippen LogP contribution in [0.4, 0.5) is 18.9 Å². The molecule has 44 heavy (non-hydrogen) atoms. The second kappa shape index (κ2) is 14.3. The van der Waals surface area contributed by atoms with E-state index in [9.17, 15) is 39.6 Å². The first-order valence-corrected chi connectivity index (χ1v) is 16.7. The molecule has 1 aliphatic rings. The van der Waals surface area contributed by atoms with Gasteiger partial charge in [-0.1, -0.05) is 29.8 Å². The van der Waals surface area contributed by atoms with Gasteiger partial charge in [-0.3, -0.25) is 9.10 Å². The van der Waals surface area contributed by atoms with Crippen LogP contribution in [0.5, 0.6) is 0 Å². The van der Waals surface area contributed by atoms with Crippen molar-refractivity contribution in [1.29, 1.82) is 0 Å².